The lowest BCUT2D eigenvalue weighted by molar-refractivity contribution is 0.487. The molecule has 0 saturated carbocycles. The number of hydrogen-bond donors (Lipinski definition) is 0. The van der Waals surface area contributed by atoms with Gasteiger partial charge in [-0.15, -0.1) is 0 Å². The maximum atomic E-state index is 4.28. The molecule has 0 spiro atoms. The van der Waals surface area contributed by atoms with E-state index in [0.717, 1.165) is 22.8 Å². The number of allylic oxidation sites excluding steroid dienone is 3. The molecule has 0 aliphatic carbocycles. The van der Waals surface area contributed by atoms with E-state index in [-0.39, 0.29) is 0 Å². The average Bonchev–Trinajstić information content (AvgIpc) is 2.45. The fourth-order valence-corrected chi connectivity index (χ4v) is 2.95. The van der Waals surface area contributed by atoms with E-state index in [4.69, 9.17) is 0 Å². The highest BCUT2D eigenvalue weighted by Crippen LogP contribution is 2.38. The summed E-state index contributed by atoms with van der Waals surface area (Å²) in [4.78, 5) is 4.26. The van der Waals surface area contributed by atoms with Gasteiger partial charge >= 0.3 is 0 Å². The number of hydrogen-bond acceptors (Lipinski definition) is 2. The van der Waals surface area contributed by atoms with Gasteiger partial charge in [0.2, 0.25) is 0 Å². The Balaban J connectivity index is 2.66. The summed E-state index contributed by atoms with van der Waals surface area (Å²) < 4.78 is 0. The average molecular weight is 294 g/mol. The Bertz CT molecular complexity index is 719. The summed E-state index contributed by atoms with van der Waals surface area (Å²) in [5, 5.41) is 0. The van der Waals surface area contributed by atoms with Crippen LogP contribution in [0.3, 0.4) is 0 Å². The molecule has 0 bridgehead atoms. The van der Waals surface area contributed by atoms with Crippen molar-refractivity contribution in [2.24, 2.45) is 0 Å². The van der Waals surface area contributed by atoms with Crippen LogP contribution in [0.1, 0.15) is 37.5 Å². The molecule has 0 amide bonds. The summed E-state index contributed by atoms with van der Waals surface area (Å²) >= 11 is 0. The summed E-state index contributed by atoms with van der Waals surface area (Å²) in [7, 11) is 2.05. The van der Waals surface area contributed by atoms with Crippen LogP contribution in [0.5, 0.6) is 0 Å². The number of aryl methyl sites for hydroxylation is 2. The number of rotatable bonds is 2. The monoisotopic (exact) mass is 294 g/mol. The van der Waals surface area contributed by atoms with E-state index in [2.05, 4.69) is 69.4 Å². The van der Waals surface area contributed by atoms with Crippen molar-refractivity contribution >= 4 is 11.3 Å². The molecule has 2 nitrogen and oxygen atoms in total. The lowest BCUT2D eigenvalue weighted by Crippen LogP contribution is -2.36. The minimum absolute atomic E-state index is 0.924. The lowest BCUT2D eigenvalue weighted by atomic mass is 9.97. The molecule has 116 valence electrons. The molecule has 0 aromatic heterocycles. The summed E-state index contributed by atoms with van der Waals surface area (Å²) in [6, 6.07) is 4.41. The van der Waals surface area contributed by atoms with Gasteiger partial charge in [-0.1, -0.05) is 31.4 Å². The standard InChI is InChI=1S/C20H26N2/c1-12(2)19-11-20(14(4)10-13(19)3)22-17(7)15(5)16(6)21(9)18(22)8/h10-11H,1,7-8H2,2-6,9H3. The lowest BCUT2D eigenvalue weighted by Gasteiger charge is -2.41. The maximum absolute atomic E-state index is 4.28. The van der Waals surface area contributed by atoms with Gasteiger partial charge in [-0.3, -0.25) is 4.90 Å². The molecule has 2 rings (SSSR count). The molecule has 0 radical (unpaired) electrons. The molecule has 1 aromatic carbocycles. The topological polar surface area (TPSA) is 6.48 Å². The predicted molar refractivity (Wildman–Crippen MR) is 97.5 cm³/mol. The molecule has 1 heterocycles. The summed E-state index contributed by atoms with van der Waals surface area (Å²) in [5.74, 6) is 0.924. The highest BCUT2D eigenvalue weighted by Gasteiger charge is 2.27. The number of anilines is 1. The fraction of sp³-hybridized carbons (Fsp3) is 0.300. The van der Waals surface area contributed by atoms with E-state index < -0.39 is 0 Å². The van der Waals surface area contributed by atoms with Gasteiger partial charge in [0.15, 0.2) is 0 Å². The molecule has 22 heavy (non-hydrogen) atoms. The fourth-order valence-electron chi connectivity index (χ4n) is 2.95. The van der Waals surface area contributed by atoms with Crippen molar-refractivity contribution in [3.8, 4) is 0 Å². The molecule has 1 aromatic rings. The second kappa shape index (κ2) is 5.53. The van der Waals surface area contributed by atoms with Gasteiger partial charge in [0.1, 0.15) is 5.82 Å². The van der Waals surface area contributed by atoms with Crippen LogP contribution in [0.4, 0.5) is 5.69 Å². The molecule has 2 heteroatoms. The maximum Gasteiger partial charge on any atom is 0.110 e. The molecule has 0 unspecified atom stereocenters. The third kappa shape index (κ3) is 2.39. The molecule has 0 atom stereocenters. The first kappa shape index (κ1) is 16.2. The largest absolute Gasteiger partial charge is 0.335 e. The van der Waals surface area contributed by atoms with E-state index in [1.807, 2.05) is 14.0 Å². The first-order valence-corrected chi connectivity index (χ1v) is 7.53. The smallest absolute Gasteiger partial charge is 0.110 e. The Kier molecular flexibility index (Phi) is 4.06. The van der Waals surface area contributed by atoms with Crippen molar-refractivity contribution in [3.63, 3.8) is 0 Å². The second-order valence-electron chi connectivity index (χ2n) is 6.20. The van der Waals surface area contributed by atoms with Crippen molar-refractivity contribution in [3.05, 3.63) is 71.3 Å². The predicted octanol–water partition coefficient (Wildman–Crippen LogP) is 5.37. The summed E-state index contributed by atoms with van der Waals surface area (Å²) in [6.07, 6.45) is 0. The van der Waals surface area contributed by atoms with Crippen LogP contribution in [0.25, 0.3) is 5.57 Å². The Morgan fingerprint density at radius 2 is 1.59 bits per heavy atom. The van der Waals surface area contributed by atoms with Crippen LogP contribution < -0.4 is 4.90 Å². The van der Waals surface area contributed by atoms with E-state index in [9.17, 15) is 0 Å². The molecular weight excluding hydrogens is 268 g/mol. The first-order valence-electron chi connectivity index (χ1n) is 7.53. The van der Waals surface area contributed by atoms with Crippen LogP contribution in [-0.2, 0) is 0 Å². The van der Waals surface area contributed by atoms with Crippen LogP contribution in [0, 0.1) is 13.8 Å². The zero-order chi connectivity index (χ0) is 16.8. The Morgan fingerprint density at radius 1 is 1.00 bits per heavy atom. The highest BCUT2D eigenvalue weighted by molar-refractivity contribution is 5.74. The van der Waals surface area contributed by atoms with E-state index in [0.29, 0.717) is 0 Å². The normalized spacial score (nSPS) is 15.7. The number of nitrogens with zero attached hydrogens (tertiary/aromatic N) is 2. The van der Waals surface area contributed by atoms with Crippen LogP contribution >= 0.6 is 0 Å². The summed E-state index contributed by atoms with van der Waals surface area (Å²) in [5.41, 5.74) is 9.21. The van der Waals surface area contributed by atoms with Crippen molar-refractivity contribution in [1.29, 1.82) is 0 Å². The number of benzene rings is 1. The quantitative estimate of drug-likeness (QED) is 0.723. The van der Waals surface area contributed by atoms with Gasteiger partial charge < -0.3 is 4.90 Å². The third-order valence-electron chi connectivity index (χ3n) is 4.64. The Labute approximate surface area is 134 Å². The second-order valence-corrected chi connectivity index (χ2v) is 6.20. The highest BCUT2D eigenvalue weighted by atomic mass is 15.3. The van der Waals surface area contributed by atoms with Gasteiger partial charge in [0.05, 0.1) is 5.69 Å². The Hall–Kier alpha value is -2.22. The van der Waals surface area contributed by atoms with Gasteiger partial charge in [-0.2, -0.15) is 0 Å². The molecule has 1 aliphatic heterocycles. The van der Waals surface area contributed by atoms with E-state index >= 15 is 0 Å². The first-order chi connectivity index (χ1) is 10.2. The molecular formula is C20H26N2. The SMILES string of the molecule is C=C(C)c1cc(N2C(=C)C(C)=C(C)N(C)C2=C)c(C)cc1C. The van der Waals surface area contributed by atoms with Gasteiger partial charge in [0.25, 0.3) is 0 Å². The Morgan fingerprint density at radius 3 is 2.14 bits per heavy atom. The van der Waals surface area contributed by atoms with E-state index in [1.54, 1.807) is 0 Å². The van der Waals surface area contributed by atoms with Crippen LogP contribution in [0.2, 0.25) is 0 Å². The minimum atomic E-state index is 0.924. The molecule has 1 aliphatic rings. The van der Waals surface area contributed by atoms with Crippen molar-refractivity contribution in [2.45, 2.75) is 34.6 Å². The molecule has 0 saturated heterocycles. The van der Waals surface area contributed by atoms with Crippen molar-refractivity contribution in [1.82, 2.24) is 4.90 Å². The summed E-state index contributed by atoms with van der Waals surface area (Å²) in [6.45, 7) is 23.2. The van der Waals surface area contributed by atoms with Crippen molar-refractivity contribution in [2.75, 3.05) is 11.9 Å². The van der Waals surface area contributed by atoms with Crippen molar-refractivity contribution < 1.29 is 0 Å². The van der Waals surface area contributed by atoms with Crippen LogP contribution in [-0.4, -0.2) is 11.9 Å². The molecule has 0 fully saturated rings. The van der Waals surface area contributed by atoms with Gasteiger partial charge in [-0.25, -0.2) is 0 Å². The van der Waals surface area contributed by atoms with E-state index in [1.165, 1.54) is 28.0 Å². The van der Waals surface area contributed by atoms with Gasteiger partial charge in [0, 0.05) is 18.4 Å². The zero-order valence-electron chi connectivity index (χ0n) is 14.7. The zero-order valence-corrected chi connectivity index (χ0v) is 14.7. The molecule has 0 N–H and O–H groups in total. The van der Waals surface area contributed by atoms with Gasteiger partial charge in [-0.05, 0) is 62.9 Å². The van der Waals surface area contributed by atoms with Crippen LogP contribution in [0.15, 0.2) is 54.7 Å². The third-order valence-corrected chi connectivity index (χ3v) is 4.64. The minimum Gasteiger partial charge on any atom is -0.335 e.